The second kappa shape index (κ2) is 17.3. The Kier molecular flexibility index (Phi) is 19.9. The summed E-state index contributed by atoms with van der Waals surface area (Å²) in [5, 5.41) is 6.33. The summed E-state index contributed by atoms with van der Waals surface area (Å²) in [4.78, 5) is 0. The Bertz CT molecular complexity index is 194. The summed E-state index contributed by atoms with van der Waals surface area (Å²) >= 11 is 9.04. The number of hydrogen-bond acceptors (Lipinski definition) is 8. The number of hydrogen-bond donors (Lipinski definition) is 6. The molecule has 0 atom stereocenters. The van der Waals surface area contributed by atoms with Crippen molar-refractivity contribution in [2.45, 2.75) is 0 Å². The van der Waals surface area contributed by atoms with Gasteiger partial charge in [0.2, 0.25) is 0 Å². The van der Waals surface area contributed by atoms with E-state index < -0.39 is 0 Å². The molecular weight excluding hydrogens is 308 g/mol. The monoisotopic (exact) mass is 330 g/mol. The molecule has 10 N–H and O–H groups in total. The van der Waals surface area contributed by atoms with Crippen molar-refractivity contribution in [3.63, 3.8) is 0 Å². The van der Waals surface area contributed by atoms with E-state index in [1.165, 1.54) is 21.6 Å². The van der Waals surface area contributed by atoms with E-state index in [0.29, 0.717) is 21.7 Å². The fraction of sp³-hybridized carbons (Fsp3) is 0.750. The molecule has 0 amide bonds. The quantitative estimate of drug-likeness (QED) is 0.195. The molecule has 0 heterocycles. The molecule has 0 saturated carbocycles. The topological polar surface area (TPSA) is 128 Å². The standard InChI is InChI=1S/C6H18N4.C2H4N2S4/c7-1-3-9-5-6-10-4-2-8;3-1(5)7-8-2(4)6/h9-10H,1-8H2;(H2,3,5)(H2,4,6). The minimum atomic E-state index is 0.350. The van der Waals surface area contributed by atoms with Gasteiger partial charge in [0, 0.05) is 39.3 Å². The third-order valence-electron chi connectivity index (χ3n) is 1.33. The molecule has 0 saturated heterocycles. The zero-order chi connectivity index (χ0) is 14.2. The van der Waals surface area contributed by atoms with Crippen LogP contribution >= 0.6 is 46.0 Å². The molecular formula is C8H22N6S4. The highest BCUT2D eigenvalue weighted by atomic mass is 33.1. The van der Waals surface area contributed by atoms with Gasteiger partial charge in [0.15, 0.2) is 0 Å². The molecule has 108 valence electrons. The average molecular weight is 331 g/mol. The highest BCUT2D eigenvalue weighted by Crippen LogP contribution is 2.20. The van der Waals surface area contributed by atoms with Crippen LogP contribution in [0.15, 0.2) is 0 Å². The number of nitrogens with two attached hydrogens (primary N) is 4. The van der Waals surface area contributed by atoms with Crippen LogP contribution in [0.5, 0.6) is 0 Å². The SMILES string of the molecule is NC(=S)SSC(N)=S.NCCNCCNCCN. The molecule has 0 rings (SSSR count). The van der Waals surface area contributed by atoms with Crippen LogP contribution in [-0.4, -0.2) is 47.9 Å². The average Bonchev–Trinajstić information content (AvgIpc) is 2.32. The molecule has 0 fully saturated rings. The molecule has 0 aromatic rings. The summed E-state index contributed by atoms with van der Waals surface area (Å²) in [7, 11) is 2.40. The van der Waals surface area contributed by atoms with Crippen LogP contribution in [0.3, 0.4) is 0 Å². The number of nitrogens with one attached hydrogen (secondary N) is 2. The third kappa shape index (κ3) is 25.2. The van der Waals surface area contributed by atoms with Crippen molar-refractivity contribution in [3.05, 3.63) is 0 Å². The number of rotatable bonds is 7. The van der Waals surface area contributed by atoms with Crippen molar-refractivity contribution in [1.29, 1.82) is 0 Å². The molecule has 0 aromatic carbocycles. The summed E-state index contributed by atoms with van der Waals surface area (Å²) in [6.07, 6.45) is 0. The lowest BCUT2D eigenvalue weighted by Crippen LogP contribution is -2.32. The maximum Gasteiger partial charge on any atom is 0.142 e. The van der Waals surface area contributed by atoms with Gasteiger partial charge in [0.05, 0.1) is 0 Å². The van der Waals surface area contributed by atoms with Crippen molar-refractivity contribution in [2.75, 3.05) is 39.3 Å². The maximum absolute atomic E-state index is 5.27. The zero-order valence-corrected chi connectivity index (χ0v) is 13.5. The van der Waals surface area contributed by atoms with Crippen LogP contribution in [0.4, 0.5) is 0 Å². The van der Waals surface area contributed by atoms with Gasteiger partial charge in [-0.2, -0.15) is 0 Å². The normalized spacial score (nSPS) is 9.44. The van der Waals surface area contributed by atoms with Gasteiger partial charge in [-0.25, -0.2) is 0 Å². The fourth-order valence-corrected chi connectivity index (χ4v) is 1.98. The summed E-state index contributed by atoms with van der Waals surface area (Å²) < 4.78 is 0.700. The predicted octanol–water partition coefficient (Wildman–Crippen LogP) is -1.06. The first-order valence-electron chi connectivity index (χ1n) is 5.29. The van der Waals surface area contributed by atoms with Crippen molar-refractivity contribution in [3.8, 4) is 0 Å². The first-order valence-corrected chi connectivity index (χ1v) is 8.26. The van der Waals surface area contributed by atoms with Crippen molar-refractivity contribution >= 4 is 54.7 Å². The van der Waals surface area contributed by atoms with E-state index in [1.807, 2.05) is 0 Å². The molecule has 0 aliphatic rings. The van der Waals surface area contributed by atoms with E-state index in [4.69, 9.17) is 22.9 Å². The third-order valence-corrected chi connectivity index (χ3v) is 4.20. The molecule has 0 aromatic heterocycles. The van der Waals surface area contributed by atoms with Crippen molar-refractivity contribution in [2.24, 2.45) is 22.9 Å². The van der Waals surface area contributed by atoms with Gasteiger partial charge >= 0.3 is 0 Å². The van der Waals surface area contributed by atoms with Gasteiger partial charge in [-0.15, -0.1) is 0 Å². The molecule has 0 aliphatic heterocycles. The molecule has 6 nitrogen and oxygen atoms in total. The minimum Gasteiger partial charge on any atom is -0.384 e. The Morgan fingerprint density at radius 1 is 0.778 bits per heavy atom. The van der Waals surface area contributed by atoms with Gasteiger partial charge < -0.3 is 33.6 Å². The van der Waals surface area contributed by atoms with Crippen molar-refractivity contribution < 1.29 is 0 Å². The van der Waals surface area contributed by atoms with E-state index in [1.54, 1.807) is 0 Å². The fourth-order valence-electron chi connectivity index (χ4n) is 0.713. The largest absolute Gasteiger partial charge is 0.384 e. The van der Waals surface area contributed by atoms with E-state index in [9.17, 15) is 0 Å². The van der Waals surface area contributed by atoms with E-state index in [-0.39, 0.29) is 0 Å². The Morgan fingerprint density at radius 2 is 1.11 bits per heavy atom. The lowest BCUT2D eigenvalue weighted by molar-refractivity contribution is 0.618. The lowest BCUT2D eigenvalue weighted by atomic mass is 10.5. The van der Waals surface area contributed by atoms with Gasteiger partial charge in [0.25, 0.3) is 0 Å². The van der Waals surface area contributed by atoms with Crippen LogP contribution in [-0.2, 0) is 0 Å². The molecule has 0 radical (unpaired) electrons. The summed E-state index contributed by atoms with van der Waals surface area (Å²) in [5.74, 6) is 0. The van der Waals surface area contributed by atoms with Gasteiger partial charge in [0.1, 0.15) is 8.64 Å². The van der Waals surface area contributed by atoms with Crippen LogP contribution < -0.4 is 33.6 Å². The molecule has 0 unspecified atom stereocenters. The van der Waals surface area contributed by atoms with Crippen LogP contribution in [0, 0.1) is 0 Å². The van der Waals surface area contributed by atoms with E-state index in [2.05, 4.69) is 35.1 Å². The molecule has 0 spiro atoms. The van der Waals surface area contributed by atoms with Crippen LogP contribution in [0.2, 0.25) is 0 Å². The number of thiocarbonyl (C=S) groups is 2. The Morgan fingerprint density at radius 3 is 1.33 bits per heavy atom. The van der Waals surface area contributed by atoms with Gasteiger partial charge in [-0.1, -0.05) is 24.4 Å². The summed E-state index contributed by atoms with van der Waals surface area (Å²) in [5.41, 5.74) is 20.7. The molecule has 18 heavy (non-hydrogen) atoms. The molecule has 0 bridgehead atoms. The maximum atomic E-state index is 5.27. The summed E-state index contributed by atoms with van der Waals surface area (Å²) in [6.45, 7) is 5.14. The zero-order valence-electron chi connectivity index (χ0n) is 10.2. The second-order valence-corrected chi connectivity index (χ2v) is 6.49. The predicted molar refractivity (Wildman–Crippen MR) is 92.6 cm³/mol. The van der Waals surface area contributed by atoms with E-state index >= 15 is 0 Å². The minimum absolute atomic E-state index is 0.350. The molecule has 0 aliphatic carbocycles. The highest BCUT2D eigenvalue weighted by molar-refractivity contribution is 8.89. The summed E-state index contributed by atoms with van der Waals surface area (Å²) in [6, 6.07) is 0. The van der Waals surface area contributed by atoms with Crippen molar-refractivity contribution in [1.82, 2.24) is 10.6 Å². The van der Waals surface area contributed by atoms with Crippen LogP contribution in [0.1, 0.15) is 0 Å². The van der Waals surface area contributed by atoms with Crippen LogP contribution in [0.25, 0.3) is 0 Å². The first-order chi connectivity index (χ1) is 8.54. The Hall–Kier alpha value is 0.320. The van der Waals surface area contributed by atoms with E-state index in [0.717, 1.165) is 26.2 Å². The Balaban J connectivity index is 0. The molecule has 10 heteroatoms. The smallest absolute Gasteiger partial charge is 0.142 e. The first kappa shape index (κ1) is 20.6. The van der Waals surface area contributed by atoms with Gasteiger partial charge in [-0.3, -0.25) is 0 Å². The lowest BCUT2D eigenvalue weighted by Gasteiger charge is -2.03. The second-order valence-electron chi connectivity index (χ2n) is 2.88. The highest BCUT2D eigenvalue weighted by Gasteiger charge is 1.91. The Labute approximate surface area is 127 Å². The van der Waals surface area contributed by atoms with Gasteiger partial charge in [-0.05, 0) is 21.6 Å².